The molecule has 2 amide bonds. The van der Waals surface area contributed by atoms with Crippen LogP contribution < -0.4 is 16.0 Å². The number of aryl methyl sites for hydroxylation is 1. The van der Waals surface area contributed by atoms with E-state index in [1.165, 1.54) is 5.56 Å². The van der Waals surface area contributed by atoms with E-state index in [1.54, 1.807) is 24.9 Å². The van der Waals surface area contributed by atoms with Crippen LogP contribution in [0.3, 0.4) is 0 Å². The highest BCUT2D eigenvalue weighted by Crippen LogP contribution is 2.32. The summed E-state index contributed by atoms with van der Waals surface area (Å²) in [6.07, 6.45) is 0.940. The fraction of sp³-hybridized carbons (Fsp3) is 0.292. The average molecular weight is 453 g/mol. The number of amides is 2. The van der Waals surface area contributed by atoms with Crippen LogP contribution >= 0.6 is 12.2 Å². The number of carbonyl (C=O) groups excluding carboxylic acids is 2. The summed E-state index contributed by atoms with van der Waals surface area (Å²) in [5.41, 5.74) is 4.50. The van der Waals surface area contributed by atoms with E-state index in [1.807, 2.05) is 49.4 Å². The van der Waals surface area contributed by atoms with Gasteiger partial charge in [0.15, 0.2) is 5.11 Å². The minimum Gasteiger partial charge on any atom is -0.463 e. The first-order chi connectivity index (χ1) is 15.3. The highest BCUT2D eigenvalue weighted by atomic mass is 32.1. The number of anilines is 2. The number of esters is 1. The van der Waals surface area contributed by atoms with Crippen LogP contribution in [0.5, 0.6) is 0 Å². The first-order valence-electron chi connectivity index (χ1n) is 10.5. The molecule has 0 saturated carbocycles. The summed E-state index contributed by atoms with van der Waals surface area (Å²) in [4.78, 5) is 26.9. The largest absolute Gasteiger partial charge is 0.463 e. The molecule has 0 fully saturated rings. The number of nitrogens with one attached hydrogen (secondary N) is 3. The number of allylic oxidation sites excluding steroid dienone is 1. The van der Waals surface area contributed by atoms with Gasteiger partial charge in [-0.25, -0.2) is 9.59 Å². The predicted molar refractivity (Wildman–Crippen MR) is 130 cm³/mol. The molecule has 0 bridgehead atoms. The Morgan fingerprint density at radius 3 is 2.44 bits per heavy atom. The van der Waals surface area contributed by atoms with Crippen LogP contribution in [0.15, 0.2) is 59.8 Å². The first-order valence-corrected chi connectivity index (χ1v) is 10.9. The van der Waals surface area contributed by atoms with Crippen LogP contribution in [0.25, 0.3) is 0 Å². The van der Waals surface area contributed by atoms with Crippen molar-refractivity contribution in [3.8, 4) is 0 Å². The first kappa shape index (κ1) is 23.3. The number of hydrogen-bond donors (Lipinski definition) is 3. The Bertz CT molecular complexity index is 1050. The van der Waals surface area contributed by atoms with Crippen molar-refractivity contribution < 1.29 is 14.3 Å². The quantitative estimate of drug-likeness (QED) is 0.439. The molecule has 0 aliphatic carbocycles. The summed E-state index contributed by atoms with van der Waals surface area (Å²) in [5.74, 6) is -0.400. The van der Waals surface area contributed by atoms with Crippen LogP contribution in [-0.4, -0.2) is 35.7 Å². The molecule has 3 N–H and O–H groups in total. The maximum atomic E-state index is 12.7. The van der Waals surface area contributed by atoms with Crippen LogP contribution in [-0.2, 0) is 16.0 Å². The third-order valence-corrected chi connectivity index (χ3v) is 5.74. The van der Waals surface area contributed by atoms with Gasteiger partial charge in [-0.15, -0.1) is 0 Å². The third kappa shape index (κ3) is 5.26. The summed E-state index contributed by atoms with van der Waals surface area (Å²) in [6.45, 7) is 5.97. The van der Waals surface area contributed by atoms with E-state index in [0.717, 1.165) is 17.7 Å². The van der Waals surface area contributed by atoms with Gasteiger partial charge in [0, 0.05) is 24.1 Å². The van der Waals surface area contributed by atoms with Gasteiger partial charge in [0.1, 0.15) is 0 Å². The molecule has 0 aromatic heterocycles. The fourth-order valence-electron chi connectivity index (χ4n) is 3.47. The Hall–Kier alpha value is -3.39. The van der Waals surface area contributed by atoms with E-state index < -0.39 is 12.0 Å². The molecular formula is C24H28N4O3S. The lowest BCUT2D eigenvalue weighted by Crippen LogP contribution is -2.46. The zero-order valence-corrected chi connectivity index (χ0v) is 19.5. The van der Waals surface area contributed by atoms with Crippen molar-refractivity contribution in [2.24, 2.45) is 0 Å². The molecule has 7 nitrogen and oxygen atoms in total. The van der Waals surface area contributed by atoms with Crippen molar-refractivity contribution >= 4 is 40.7 Å². The lowest BCUT2D eigenvalue weighted by atomic mass is 9.95. The number of hydrogen-bond acceptors (Lipinski definition) is 4. The monoisotopic (exact) mass is 452 g/mol. The Morgan fingerprint density at radius 1 is 1.09 bits per heavy atom. The van der Waals surface area contributed by atoms with Gasteiger partial charge in [0.25, 0.3) is 0 Å². The molecule has 2 aromatic carbocycles. The third-order valence-electron chi connectivity index (χ3n) is 5.35. The molecule has 2 aromatic rings. The van der Waals surface area contributed by atoms with Crippen molar-refractivity contribution in [1.29, 1.82) is 0 Å². The molecule has 3 rings (SSSR count). The lowest BCUT2D eigenvalue weighted by Gasteiger charge is -2.35. The van der Waals surface area contributed by atoms with Crippen molar-refractivity contribution in [2.45, 2.75) is 33.2 Å². The predicted octanol–water partition coefficient (Wildman–Crippen LogP) is 4.59. The van der Waals surface area contributed by atoms with Gasteiger partial charge >= 0.3 is 12.0 Å². The minimum absolute atomic E-state index is 0.275. The normalized spacial score (nSPS) is 15.8. The van der Waals surface area contributed by atoms with Gasteiger partial charge in [-0.05, 0) is 67.9 Å². The zero-order chi connectivity index (χ0) is 23.3. The molecule has 8 heteroatoms. The summed E-state index contributed by atoms with van der Waals surface area (Å²) < 4.78 is 5.28. The van der Waals surface area contributed by atoms with E-state index in [0.29, 0.717) is 22.1 Å². The topological polar surface area (TPSA) is 82.7 Å². The van der Waals surface area contributed by atoms with E-state index in [9.17, 15) is 9.59 Å². The molecule has 1 unspecified atom stereocenters. The Kier molecular flexibility index (Phi) is 7.48. The van der Waals surface area contributed by atoms with Gasteiger partial charge in [-0.1, -0.05) is 31.2 Å². The second-order valence-electron chi connectivity index (χ2n) is 7.42. The summed E-state index contributed by atoms with van der Waals surface area (Å²) in [7, 11) is 1.80. The smallest absolute Gasteiger partial charge is 0.338 e. The molecule has 1 aliphatic rings. The molecule has 1 atom stereocenters. The molecule has 168 valence electrons. The highest BCUT2D eigenvalue weighted by Gasteiger charge is 2.33. The van der Waals surface area contributed by atoms with Gasteiger partial charge in [-0.2, -0.15) is 0 Å². The minimum atomic E-state index is -0.482. The molecule has 0 saturated heterocycles. The van der Waals surface area contributed by atoms with Crippen molar-refractivity contribution in [3.05, 3.63) is 70.9 Å². The number of benzene rings is 2. The SMILES string of the molecule is CCOC(=O)C1=C(C)N(C)C(=S)NC1c1cccc(NC(=O)Nc2ccc(CC)cc2)c1. The van der Waals surface area contributed by atoms with Crippen LogP contribution in [0.4, 0.5) is 16.2 Å². The number of nitrogens with zero attached hydrogens (tertiary/aromatic N) is 1. The van der Waals surface area contributed by atoms with Crippen molar-refractivity contribution in [1.82, 2.24) is 10.2 Å². The highest BCUT2D eigenvalue weighted by molar-refractivity contribution is 7.80. The van der Waals surface area contributed by atoms with Crippen LogP contribution in [0, 0.1) is 0 Å². The molecule has 1 aliphatic heterocycles. The summed E-state index contributed by atoms with van der Waals surface area (Å²) in [6, 6.07) is 14.2. The van der Waals surface area contributed by atoms with E-state index in [-0.39, 0.29) is 12.6 Å². The number of thiocarbonyl (C=S) groups is 1. The number of rotatable bonds is 6. The summed E-state index contributed by atoms with van der Waals surface area (Å²) >= 11 is 5.43. The standard InChI is InChI=1S/C24H28N4O3S/c1-5-16-10-12-18(13-11-16)25-23(30)26-19-9-7-8-17(14-19)21-20(22(29)31-6-2)15(3)28(4)24(32)27-21/h7-14,21H,5-6H2,1-4H3,(H,27,32)(H2,25,26,30). The maximum absolute atomic E-state index is 12.7. The molecule has 0 radical (unpaired) electrons. The van der Waals surface area contributed by atoms with Crippen molar-refractivity contribution in [3.63, 3.8) is 0 Å². The van der Waals surface area contributed by atoms with Gasteiger partial charge in [0.05, 0.1) is 18.2 Å². The molecule has 0 spiro atoms. The van der Waals surface area contributed by atoms with Gasteiger partial charge in [-0.3, -0.25) is 0 Å². The number of ether oxygens (including phenoxy) is 1. The molecule has 1 heterocycles. The van der Waals surface area contributed by atoms with Crippen LogP contribution in [0.1, 0.15) is 37.9 Å². The Labute approximate surface area is 193 Å². The fourth-order valence-corrected chi connectivity index (χ4v) is 3.73. The lowest BCUT2D eigenvalue weighted by molar-refractivity contribution is -0.139. The summed E-state index contributed by atoms with van der Waals surface area (Å²) in [5, 5.41) is 9.38. The molecule has 32 heavy (non-hydrogen) atoms. The Balaban J connectivity index is 1.81. The van der Waals surface area contributed by atoms with E-state index in [4.69, 9.17) is 17.0 Å². The second kappa shape index (κ2) is 10.3. The van der Waals surface area contributed by atoms with E-state index in [2.05, 4.69) is 22.9 Å². The number of urea groups is 1. The Morgan fingerprint density at radius 2 is 1.78 bits per heavy atom. The van der Waals surface area contributed by atoms with Crippen LogP contribution in [0.2, 0.25) is 0 Å². The van der Waals surface area contributed by atoms with Crippen molar-refractivity contribution in [2.75, 3.05) is 24.3 Å². The van der Waals surface area contributed by atoms with Gasteiger partial charge < -0.3 is 25.6 Å². The zero-order valence-electron chi connectivity index (χ0n) is 18.7. The van der Waals surface area contributed by atoms with E-state index >= 15 is 0 Å². The maximum Gasteiger partial charge on any atom is 0.338 e. The second-order valence-corrected chi connectivity index (χ2v) is 7.80. The number of carbonyl (C=O) groups is 2. The molecular weight excluding hydrogens is 424 g/mol. The van der Waals surface area contributed by atoms with Gasteiger partial charge in [0.2, 0.25) is 0 Å². The average Bonchev–Trinajstić information content (AvgIpc) is 2.78.